The van der Waals surface area contributed by atoms with Crippen LogP contribution in [0.1, 0.15) is 15.9 Å². The van der Waals surface area contributed by atoms with Crippen molar-refractivity contribution in [1.29, 1.82) is 0 Å². The number of aryl methyl sites for hydroxylation is 1. The zero-order valence-corrected chi connectivity index (χ0v) is 21.3. The van der Waals surface area contributed by atoms with Crippen molar-refractivity contribution in [2.24, 2.45) is 0 Å². The molecule has 0 aliphatic carbocycles. The van der Waals surface area contributed by atoms with Gasteiger partial charge >= 0.3 is 0 Å². The molecule has 0 bridgehead atoms. The summed E-state index contributed by atoms with van der Waals surface area (Å²) < 4.78 is 1.65. The summed E-state index contributed by atoms with van der Waals surface area (Å²) in [6.07, 6.45) is 0. The van der Waals surface area contributed by atoms with Gasteiger partial charge in [0.2, 0.25) is 0 Å². The largest absolute Gasteiger partial charge is 0.298 e. The molecule has 7 heteroatoms. The van der Waals surface area contributed by atoms with Gasteiger partial charge in [-0.1, -0.05) is 90.2 Å². The molecule has 0 atom stereocenters. The molecule has 38 heavy (non-hydrogen) atoms. The third kappa shape index (κ3) is 4.29. The summed E-state index contributed by atoms with van der Waals surface area (Å²) in [5, 5.41) is 3.89. The van der Waals surface area contributed by atoms with Crippen LogP contribution in [0.15, 0.2) is 114 Å². The van der Waals surface area contributed by atoms with Crippen molar-refractivity contribution in [2.75, 3.05) is 5.32 Å². The van der Waals surface area contributed by atoms with E-state index in [1.165, 1.54) is 11.3 Å². The highest BCUT2D eigenvalue weighted by atomic mass is 32.1. The van der Waals surface area contributed by atoms with Gasteiger partial charge in [-0.25, -0.2) is 9.97 Å². The summed E-state index contributed by atoms with van der Waals surface area (Å²) >= 11 is 1.30. The first kappa shape index (κ1) is 23.5. The highest BCUT2D eigenvalue weighted by molar-refractivity contribution is 7.19. The van der Waals surface area contributed by atoms with E-state index in [1.807, 2.05) is 97.9 Å². The van der Waals surface area contributed by atoms with Crippen LogP contribution in [0.4, 0.5) is 5.13 Å². The average Bonchev–Trinajstić information content (AvgIpc) is 3.38. The van der Waals surface area contributed by atoms with E-state index in [9.17, 15) is 9.59 Å². The van der Waals surface area contributed by atoms with E-state index in [2.05, 4.69) is 5.32 Å². The molecule has 0 spiro atoms. The second-order valence-corrected chi connectivity index (χ2v) is 9.76. The first-order valence-corrected chi connectivity index (χ1v) is 12.9. The third-order valence-corrected chi connectivity index (χ3v) is 7.23. The Bertz CT molecular complexity index is 1840. The topological polar surface area (TPSA) is 76.9 Å². The lowest BCUT2D eigenvalue weighted by Crippen LogP contribution is -2.22. The average molecular weight is 515 g/mol. The third-order valence-electron chi connectivity index (χ3n) is 6.27. The Labute approximate surface area is 222 Å². The Kier molecular flexibility index (Phi) is 6.11. The maximum Gasteiger partial charge on any atom is 0.266 e. The molecule has 0 saturated heterocycles. The standard InChI is InChI=1S/C31H22N4O2S/c1-20-12-8-11-19-25(20)35-28(32-24-18-10-9-17-23(24)30(35)37)27-26(21-13-4-2-5-14-21)33-31(38-27)34-29(36)22-15-6-3-7-16-22/h2-19H,1H3,(H,33,34,36). The van der Waals surface area contributed by atoms with Crippen LogP contribution in [-0.4, -0.2) is 20.4 Å². The van der Waals surface area contributed by atoms with Crippen LogP contribution in [0.5, 0.6) is 0 Å². The van der Waals surface area contributed by atoms with Gasteiger partial charge in [0.05, 0.1) is 22.3 Å². The zero-order chi connectivity index (χ0) is 26.1. The van der Waals surface area contributed by atoms with Gasteiger partial charge in [0.1, 0.15) is 4.88 Å². The van der Waals surface area contributed by atoms with Crippen LogP contribution in [-0.2, 0) is 0 Å². The zero-order valence-electron chi connectivity index (χ0n) is 20.5. The van der Waals surface area contributed by atoms with E-state index in [0.717, 1.165) is 16.8 Å². The van der Waals surface area contributed by atoms with Crippen LogP contribution >= 0.6 is 11.3 Å². The molecule has 0 aliphatic rings. The lowest BCUT2D eigenvalue weighted by atomic mass is 10.1. The molecule has 0 aliphatic heterocycles. The quantitative estimate of drug-likeness (QED) is 0.277. The number of benzene rings is 4. The number of rotatable bonds is 5. The van der Waals surface area contributed by atoms with Gasteiger partial charge < -0.3 is 0 Å². The predicted molar refractivity (Wildman–Crippen MR) is 153 cm³/mol. The SMILES string of the molecule is Cc1ccccc1-n1c(-c2sc(NC(=O)c3ccccc3)nc2-c2ccccc2)nc2ccccc2c1=O. The molecule has 4 aromatic carbocycles. The molecule has 0 radical (unpaired) electrons. The molecule has 0 fully saturated rings. The highest BCUT2D eigenvalue weighted by Gasteiger charge is 2.23. The number of nitrogens with one attached hydrogen (secondary N) is 1. The fraction of sp³-hybridized carbons (Fsp3) is 0.0323. The van der Waals surface area contributed by atoms with E-state index >= 15 is 0 Å². The van der Waals surface area contributed by atoms with Crippen molar-refractivity contribution < 1.29 is 4.79 Å². The molecule has 6 nitrogen and oxygen atoms in total. The van der Waals surface area contributed by atoms with Gasteiger partial charge in [-0.15, -0.1) is 0 Å². The Balaban J connectivity index is 1.61. The molecule has 0 saturated carbocycles. The molecule has 6 rings (SSSR count). The van der Waals surface area contributed by atoms with Crippen molar-refractivity contribution in [3.63, 3.8) is 0 Å². The number of thiazole rings is 1. The highest BCUT2D eigenvalue weighted by Crippen LogP contribution is 2.39. The van der Waals surface area contributed by atoms with Crippen molar-refractivity contribution in [3.05, 3.63) is 131 Å². The molecule has 2 heterocycles. The van der Waals surface area contributed by atoms with Crippen molar-refractivity contribution in [2.45, 2.75) is 6.92 Å². The second-order valence-electron chi connectivity index (χ2n) is 8.76. The molecule has 6 aromatic rings. The first-order chi connectivity index (χ1) is 18.6. The number of aromatic nitrogens is 3. The maximum absolute atomic E-state index is 13.9. The predicted octanol–water partition coefficient (Wildman–Crippen LogP) is 6.74. The van der Waals surface area contributed by atoms with Crippen LogP contribution in [0.2, 0.25) is 0 Å². The first-order valence-electron chi connectivity index (χ1n) is 12.1. The van der Waals surface area contributed by atoms with Crippen LogP contribution < -0.4 is 10.9 Å². The van der Waals surface area contributed by atoms with Gasteiger partial charge in [0.15, 0.2) is 11.0 Å². The van der Waals surface area contributed by atoms with E-state index in [4.69, 9.17) is 9.97 Å². The number of carbonyl (C=O) groups is 1. The number of anilines is 1. The maximum atomic E-state index is 13.9. The molecular formula is C31H22N4O2S. The Morgan fingerprint density at radius 3 is 2.21 bits per heavy atom. The summed E-state index contributed by atoms with van der Waals surface area (Å²) in [6.45, 7) is 1.97. The molecule has 1 N–H and O–H groups in total. The van der Waals surface area contributed by atoms with Gasteiger partial charge in [0, 0.05) is 11.1 Å². The summed E-state index contributed by atoms with van der Waals surface area (Å²) in [4.78, 5) is 37.4. The Morgan fingerprint density at radius 1 is 0.789 bits per heavy atom. The number of amides is 1. The second kappa shape index (κ2) is 9.88. The minimum atomic E-state index is -0.256. The van der Waals surface area contributed by atoms with Crippen molar-refractivity contribution >= 4 is 33.3 Å². The van der Waals surface area contributed by atoms with Crippen LogP contribution in [0.3, 0.4) is 0 Å². The molecule has 1 amide bonds. The molecule has 184 valence electrons. The smallest absolute Gasteiger partial charge is 0.266 e. The van der Waals surface area contributed by atoms with Crippen molar-refractivity contribution in [3.8, 4) is 27.6 Å². The fourth-order valence-corrected chi connectivity index (χ4v) is 5.36. The van der Waals surface area contributed by atoms with Crippen LogP contribution in [0.25, 0.3) is 38.5 Å². The van der Waals surface area contributed by atoms with Gasteiger partial charge in [-0.3, -0.25) is 19.5 Å². The van der Waals surface area contributed by atoms with Crippen molar-refractivity contribution in [1.82, 2.24) is 14.5 Å². The summed E-state index contributed by atoms with van der Waals surface area (Å²) in [7, 11) is 0. The number of para-hydroxylation sites is 2. The number of carbonyl (C=O) groups excluding carboxylic acids is 1. The molecular weight excluding hydrogens is 492 g/mol. The lowest BCUT2D eigenvalue weighted by Gasteiger charge is -2.15. The Hall–Kier alpha value is -4.88. The van der Waals surface area contributed by atoms with E-state index < -0.39 is 0 Å². The van der Waals surface area contributed by atoms with Gasteiger partial charge in [0.25, 0.3) is 11.5 Å². The molecule has 2 aromatic heterocycles. The summed E-state index contributed by atoms with van der Waals surface area (Å²) in [5.41, 5.74) is 4.15. The minimum absolute atomic E-state index is 0.165. The monoisotopic (exact) mass is 514 g/mol. The minimum Gasteiger partial charge on any atom is -0.298 e. The number of nitrogens with zero attached hydrogens (tertiary/aromatic N) is 3. The number of hydrogen-bond donors (Lipinski definition) is 1. The van der Waals surface area contributed by atoms with Gasteiger partial charge in [-0.2, -0.15) is 0 Å². The summed E-state index contributed by atoms with van der Waals surface area (Å²) in [5.74, 6) is 0.216. The number of fused-ring (bicyclic) bond motifs is 1. The van der Waals surface area contributed by atoms with Crippen LogP contribution in [0, 0.1) is 6.92 Å². The lowest BCUT2D eigenvalue weighted by molar-refractivity contribution is 0.102. The fourth-order valence-electron chi connectivity index (χ4n) is 4.40. The number of hydrogen-bond acceptors (Lipinski definition) is 5. The van der Waals surface area contributed by atoms with E-state index in [1.54, 1.807) is 22.8 Å². The van der Waals surface area contributed by atoms with Gasteiger partial charge in [-0.05, 0) is 42.8 Å². The summed E-state index contributed by atoms with van der Waals surface area (Å²) in [6, 6.07) is 33.8. The normalized spacial score (nSPS) is 11.0. The Morgan fingerprint density at radius 2 is 1.45 bits per heavy atom. The van der Waals surface area contributed by atoms with E-state index in [0.29, 0.717) is 38.0 Å². The van der Waals surface area contributed by atoms with E-state index in [-0.39, 0.29) is 11.5 Å². The molecule has 0 unspecified atom stereocenters.